The van der Waals surface area contributed by atoms with Gasteiger partial charge in [0.15, 0.2) is 0 Å². The average Bonchev–Trinajstić information content (AvgIpc) is 3.05. The molecule has 1 N–H and O–H groups in total. The first-order valence-electron chi connectivity index (χ1n) is 6.19. The van der Waals surface area contributed by atoms with Crippen molar-refractivity contribution in [2.45, 2.75) is 18.9 Å². The van der Waals surface area contributed by atoms with Crippen LogP contribution in [0.15, 0.2) is 53.1 Å². The van der Waals surface area contributed by atoms with Crippen molar-refractivity contribution in [1.29, 1.82) is 0 Å². The van der Waals surface area contributed by atoms with Crippen LogP contribution in [0.3, 0.4) is 0 Å². The van der Waals surface area contributed by atoms with E-state index in [9.17, 15) is 4.79 Å². The smallest absolute Gasteiger partial charge is 0.224 e. The van der Waals surface area contributed by atoms with Crippen LogP contribution >= 0.6 is 0 Å². The van der Waals surface area contributed by atoms with Crippen LogP contribution in [0.2, 0.25) is 0 Å². The van der Waals surface area contributed by atoms with E-state index in [1.807, 2.05) is 30.3 Å². The van der Waals surface area contributed by atoms with Gasteiger partial charge in [-0.15, -0.1) is 0 Å². The van der Waals surface area contributed by atoms with Crippen molar-refractivity contribution in [3.8, 4) is 0 Å². The highest BCUT2D eigenvalue weighted by Gasteiger charge is 2.43. The number of amides is 1. The number of hydrogen-bond donors (Lipinski definition) is 1. The molecular formula is C15H15NO2. The fourth-order valence-corrected chi connectivity index (χ4v) is 2.27. The summed E-state index contributed by atoms with van der Waals surface area (Å²) in [7, 11) is 0. The summed E-state index contributed by atoms with van der Waals surface area (Å²) in [5.74, 6) is 1.44. The minimum absolute atomic E-state index is 0.125. The molecule has 0 aliphatic heterocycles. The Morgan fingerprint density at radius 1 is 1.22 bits per heavy atom. The first kappa shape index (κ1) is 11.1. The molecule has 92 valence electrons. The topological polar surface area (TPSA) is 42.2 Å². The zero-order valence-corrected chi connectivity index (χ0v) is 10.0. The average molecular weight is 241 g/mol. The molecule has 18 heavy (non-hydrogen) atoms. The van der Waals surface area contributed by atoms with Crippen LogP contribution in [0, 0.1) is 5.92 Å². The highest BCUT2D eigenvalue weighted by atomic mass is 16.3. The number of benzene rings is 1. The summed E-state index contributed by atoms with van der Waals surface area (Å²) in [4.78, 5) is 11.9. The molecule has 1 heterocycles. The standard InChI is InChI=1S/C15H15NO2/c17-15(16-10-12-7-4-8-18-12)14-9-13(14)11-5-2-1-3-6-11/h1-8,13-14H,9-10H2,(H,16,17)/t13-,14-/m1/s1. The van der Waals surface area contributed by atoms with Gasteiger partial charge in [0, 0.05) is 5.92 Å². The Morgan fingerprint density at radius 3 is 2.78 bits per heavy atom. The van der Waals surface area contributed by atoms with Gasteiger partial charge < -0.3 is 9.73 Å². The molecule has 1 aromatic carbocycles. The summed E-state index contributed by atoms with van der Waals surface area (Å²) in [5, 5.41) is 2.91. The summed E-state index contributed by atoms with van der Waals surface area (Å²) in [5.41, 5.74) is 1.26. The number of carbonyl (C=O) groups excluding carboxylic acids is 1. The molecule has 2 atom stereocenters. The molecule has 0 bridgehead atoms. The molecule has 0 spiro atoms. The van der Waals surface area contributed by atoms with Gasteiger partial charge in [0.05, 0.1) is 12.8 Å². The van der Waals surface area contributed by atoms with Crippen LogP contribution in [0.25, 0.3) is 0 Å². The van der Waals surface area contributed by atoms with Crippen molar-refractivity contribution < 1.29 is 9.21 Å². The van der Waals surface area contributed by atoms with Crippen molar-refractivity contribution in [3.63, 3.8) is 0 Å². The zero-order valence-electron chi connectivity index (χ0n) is 10.0. The number of rotatable bonds is 4. The second-order valence-electron chi connectivity index (χ2n) is 4.66. The maximum atomic E-state index is 11.9. The van der Waals surface area contributed by atoms with Gasteiger partial charge >= 0.3 is 0 Å². The Balaban J connectivity index is 1.53. The van der Waals surface area contributed by atoms with Crippen LogP contribution < -0.4 is 5.32 Å². The second kappa shape index (κ2) is 4.69. The van der Waals surface area contributed by atoms with Gasteiger partial charge in [-0.3, -0.25) is 4.79 Å². The van der Waals surface area contributed by atoms with Crippen molar-refractivity contribution in [3.05, 3.63) is 60.1 Å². The quantitative estimate of drug-likeness (QED) is 0.894. The number of carbonyl (C=O) groups is 1. The lowest BCUT2D eigenvalue weighted by molar-refractivity contribution is -0.122. The monoisotopic (exact) mass is 241 g/mol. The summed E-state index contributed by atoms with van der Waals surface area (Å²) in [6.45, 7) is 0.476. The highest BCUT2D eigenvalue weighted by molar-refractivity contribution is 5.82. The van der Waals surface area contributed by atoms with Gasteiger partial charge in [0.2, 0.25) is 5.91 Å². The molecule has 1 amide bonds. The SMILES string of the molecule is O=C(NCc1ccco1)[C@@H]1C[C@@H]1c1ccccc1. The van der Waals surface area contributed by atoms with Crippen LogP contribution in [0.5, 0.6) is 0 Å². The molecule has 0 radical (unpaired) electrons. The Morgan fingerprint density at radius 2 is 2.06 bits per heavy atom. The molecule has 0 saturated heterocycles. The Labute approximate surface area is 106 Å². The van der Waals surface area contributed by atoms with Crippen molar-refractivity contribution in [1.82, 2.24) is 5.32 Å². The van der Waals surface area contributed by atoms with Crippen LogP contribution in [-0.2, 0) is 11.3 Å². The van der Waals surface area contributed by atoms with Gasteiger partial charge in [0.25, 0.3) is 0 Å². The molecule has 3 rings (SSSR count). The van der Waals surface area contributed by atoms with E-state index in [4.69, 9.17) is 4.42 Å². The maximum absolute atomic E-state index is 11.9. The molecule has 3 heteroatoms. The van der Waals surface area contributed by atoms with Crippen LogP contribution in [-0.4, -0.2) is 5.91 Å². The molecule has 1 fully saturated rings. The predicted octanol–water partition coefficient (Wildman–Crippen LogP) is 2.70. The summed E-state index contributed by atoms with van der Waals surface area (Å²) in [6.07, 6.45) is 2.57. The molecule has 1 aliphatic rings. The third-order valence-electron chi connectivity index (χ3n) is 3.37. The molecule has 1 aliphatic carbocycles. The number of nitrogens with one attached hydrogen (secondary N) is 1. The molecule has 2 aromatic rings. The number of hydrogen-bond acceptors (Lipinski definition) is 2. The van der Waals surface area contributed by atoms with E-state index in [2.05, 4.69) is 17.4 Å². The van der Waals surface area contributed by atoms with E-state index in [1.54, 1.807) is 6.26 Å². The normalized spacial score (nSPS) is 21.6. The Kier molecular flexibility index (Phi) is 2.89. The van der Waals surface area contributed by atoms with Crippen LogP contribution in [0.1, 0.15) is 23.7 Å². The van der Waals surface area contributed by atoms with E-state index in [0.29, 0.717) is 12.5 Å². The van der Waals surface area contributed by atoms with E-state index >= 15 is 0 Å². The third-order valence-corrected chi connectivity index (χ3v) is 3.37. The zero-order chi connectivity index (χ0) is 12.4. The lowest BCUT2D eigenvalue weighted by atomic mass is 10.1. The summed E-state index contributed by atoms with van der Waals surface area (Å²) >= 11 is 0. The van der Waals surface area contributed by atoms with Gasteiger partial charge in [0.1, 0.15) is 5.76 Å². The molecule has 1 aromatic heterocycles. The van der Waals surface area contributed by atoms with Crippen LogP contribution in [0.4, 0.5) is 0 Å². The van der Waals surface area contributed by atoms with Crippen molar-refractivity contribution in [2.75, 3.05) is 0 Å². The Hall–Kier alpha value is -2.03. The summed E-state index contributed by atoms with van der Waals surface area (Å²) in [6, 6.07) is 13.9. The van der Waals surface area contributed by atoms with Gasteiger partial charge in [-0.1, -0.05) is 30.3 Å². The molecule has 3 nitrogen and oxygen atoms in total. The van der Waals surface area contributed by atoms with Crippen molar-refractivity contribution >= 4 is 5.91 Å². The van der Waals surface area contributed by atoms with E-state index in [1.165, 1.54) is 5.56 Å². The second-order valence-corrected chi connectivity index (χ2v) is 4.66. The van der Waals surface area contributed by atoms with E-state index in [-0.39, 0.29) is 11.8 Å². The van der Waals surface area contributed by atoms with E-state index < -0.39 is 0 Å². The molecule has 0 unspecified atom stereocenters. The van der Waals surface area contributed by atoms with Gasteiger partial charge in [-0.2, -0.15) is 0 Å². The lowest BCUT2D eigenvalue weighted by Crippen LogP contribution is -2.24. The van der Waals surface area contributed by atoms with Gasteiger partial charge in [-0.05, 0) is 30.0 Å². The minimum atomic E-state index is 0.125. The predicted molar refractivity (Wildman–Crippen MR) is 67.8 cm³/mol. The fraction of sp³-hybridized carbons (Fsp3) is 0.267. The largest absolute Gasteiger partial charge is 0.467 e. The summed E-state index contributed by atoms with van der Waals surface area (Å²) < 4.78 is 5.18. The van der Waals surface area contributed by atoms with Gasteiger partial charge in [-0.25, -0.2) is 0 Å². The van der Waals surface area contributed by atoms with Crippen molar-refractivity contribution in [2.24, 2.45) is 5.92 Å². The first-order valence-corrected chi connectivity index (χ1v) is 6.19. The first-order chi connectivity index (χ1) is 8.84. The molecule has 1 saturated carbocycles. The molecular weight excluding hydrogens is 226 g/mol. The maximum Gasteiger partial charge on any atom is 0.224 e. The third kappa shape index (κ3) is 2.30. The lowest BCUT2D eigenvalue weighted by Gasteiger charge is -2.03. The minimum Gasteiger partial charge on any atom is -0.467 e. The number of furan rings is 1. The Bertz CT molecular complexity index is 519. The van der Waals surface area contributed by atoms with E-state index in [0.717, 1.165) is 12.2 Å². The highest BCUT2D eigenvalue weighted by Crippen LogP contribution is 2.47. The fourth-order valence-electron chi connectivity index (χ4n) is 2.27.